The molecule has 5 rings (SSSR count). The van der Waals surface area contributed by atoms with E-state index in [2.05, 4.69) is 19.6 Å². The van der Waals surface area contributed by atoms with E-state index in [1.165, 1.54) is 23.5 Å². The Labute approximate surface area is 194 Å². The van der Waals surface area contributed by atoms with Gasteiger partial charge in [-0.2, -0.15) is 0 Å². The molecule has 2 N–H and O–H groups in total. The Balaban J connectivity index is 1.39. The van der Waals surface area contributed by atoms with Crippen molar-refractivity contribution in [2.75, 3.05) is 35.9 Å². The maximum Gasteiger partial charge on any atom is 0.261 e. The average molecular weight is 484 g/mol. The lowest BCUT2D eigenvalue weighted by Gasteiger charge is -2.27. The molecule has 1 aliphatic heterocycles. The Hall–Kier alpha value is -3.12. The molecule has 0 radical (unpaired) electrons. The van der Waals surface area contributed by atoms with Crippen molar-refractivity contribution >= 4 is 43.2 Å². The summed E-state index contributed by atoms with van der Waals surface area (Å²) >= 11 is 1.47. The van der Waals surface area contributed by atoms with Crippen molar-refractivity contribution in [3.8, 4) is 10.6 Å². The molecule has 0 saturated carbocycles. The predicted molar refractivity (Wildman–Crippen MR) is 127 cm³/mol. The molecule has 11 heteroatoms. The van der Waals surface area contributed by atoms with E-state index in [1.807, 2.05) is 12.1 Å². The summed E-state index contributed by atoms with van der Waals surface area (Å²) in [4.78, 5) is 16.6. The number of thiazole rings is 1. The van der Waals surface area contributed by atoms with E-state index in [0.29, 0.717) is 24.5 Å². The van der Waals surface area contributed by atoms with Gasteiger partial charge in [0, 0.05) is 24.3 Å². The van der Waals surface area contributed by atoms with E-state index in [1.54, 1.807) is 30.6 Å². The number of benzene rings is 2. The van der Waals surface area contributed by atoms with Crippen molar-refractivity contribution in [2.45, 2.75) is 11.5 Å². The molecule has 0 spiro atoms. The molecule has 0 aliphatic carbocycles. The third-order valence-corrected chi connectivity index (χ3v) is 7.65. The fourth-order valence-electron chi connectivity index (χ4n) is 3.58. The molecule has 3 heterocycles. The number of sulfonamides is 1. The van der Waals surface area contributed by atoms with Gasteiger partial charge in [0.1, 0.15) is 21.7 Å². The summed E-state index contributed by atoms with van der Waals surface area (Å²) in [6.45, 7) is 2.61. The number of hydrogen-bond acceptors (Lipinski definition) is 9. The lowest BCUT2D eigenvalue weighted by molar-refractivity contribution is 0.122. The Morgan fingerprint density at radius 1 is 1.09 bits per heavy atom. The van der Waals surface area contributed by atoms with Crippen LogP contribution in [0.5, 0.6) is 0 Å². The molecule has 33 heavy (non-hydrogen) atoms. The lowest BCUT2D eigenvalue weighted by Crippen LogP contribution is -2.36. The highest BCUT2D eigenvalue weighted by Crippen LogP contribution is 2.33. The van der Waals surface area contributed by atoms with E-state index in [9.17, 15) is 13.5 Å². The quantitative estimate of drug-likeness (QED) is 0.430. The molecule has 2 aromatic heterocycles. The molecule has 9 nitrogen and oxygen atoms in total. The fraction of sp³-hybridized carbons (Fsp3) is 0.227. The number of fused-ring (bicyclic) bond motifs is 1. The largest absolute Gasteiger partial charge is 0.392 e. The fourth-order valence-corrected chi connectivity index (χ4v) is 5.61. The molecule has 0 amide bonds. The van der Waals surface area contributed by atoms with Crippen LogP contribution < -0.4 is 9.62 Å². The maximum absolute atomic E-state index is 12.7. The second-order valence-corrected chi connectivity index (χ2v) is 10.1. The molecular formula is C22H21N5O4S2. The maximum atomic E-state index is 12.7. The molecule has 2 aromatic carbocycles. The van der Waals surface area contributed by atoms with Gasteiger partial charge in [0.2, 0.25) is 0 Å². The topological polar surface area (TPSA) is 118 Å². The number of rotatable bonds is 6. The Morgan fingerprint density at radius 2 is 1.88 bits per heavy atom. The summed E-state index contributed by atoms with van der Waals surface area (Å²) in [5.74, 6) is 0.806. The van der Waals surface area contributed by atoms with Gasteiger partial charge in [-0.15, -0.1) is 0 Å². The molecule has 4 aromatic rings. The summed E-state index contributed by atoms with van der Waals surface area (Å²) in [5.41, 5.74) is 2.58. The van der Waals surface area contributed by atoms with Crippen LogP contribution in [0.4, 0.5) is 11.5 Å². The van der Waals surface area contributed by atoms with Gasteiger partial charge in [-0.25, -0.2) is 23.4 Å². The molecule has 0 atom stereocenters. The minimum atomic E-state index is -3.77. The van der Waals surface area contributed by atoms with Crippen molar-refractivity contribution in [2.24, 2.45) is 0 Å². The summed E-state index contributed by atoms with van der Waals surface area (Å²) in [5, 5.41) is 10.0. The van der Waals surface area contributed by atoms with E-state index in [4.69, 9.17) is 9.72 Å². The van der Waals surface area contributed by atoms with E-state index in [0.717, 1.165) is 39.8 Å². The van der Waals surface area contributed by atoms with Crippen molar-refractivity contribution < 1.29 is 18.3 Å². The highest BCUT2D eigenvalue weighted by molar-refractivity contribution is 7.92. The van der Waals surface area contributed by atoms with Crippen molar-refractivity contribution in [1.82, 2.24) is 15.0 Å². The monoisotopic (exact) mass is 483 g/mol. The number of aliphatic hydroxyl groups excluding tert-OH is 1. The first-order valence-electron chi connectivity index (χ1n) is 10.3. The number of nitrogens with zero attached hydrogens (tertiary/aromatic N) is 4. The first-order chi connectivity index (χ1) is 16.0. The van der Waals surface area contributed by atoms with Crippen molar-refractivity contribution in [1.29, 1.82) is 0 Å². The van der Waals surface area contributed by atoms with Crippen LogP contribution in [0.15, 0.2) is 59.8 Å². The third-order valence-electron chi connectivity index (χ3n) is 5.26. The first-order valence-corrected chi connectivity index (χ1v) is 12.6. The summed E-state index contributed by atoms with van der Waals surface area (Å²) in [6.07, 6.45) is 1.55. The lowest BCUT2D eigenvalue weighted by atomic mass is 10.2. The normalized spacial score (nSPS) is 14.5. The zero-order chi connectivity index (χ0) is 22.8. The minimum absolute atomic E-state index is 0.0958. The van der Waals surface area contributed by atoms with E-state index in [-0.39, 0.29) is 11.5 Å². The first kappa shape index (κ1) is 21.7. The van der Waals surface area contributed by atoms with Gasteiger partial charge in [0.05, 0.1) is 24.7 Å². The van der Waals surface area contributed by atoms with Gasteiger partial charge in [-0.05, 0) is 42.0 Å². The Bertz CT molecular complexity index is 1380. The summed E-state index contributed by atoms with van der Waals surface area (Å²) < 4.78 is 33.4. The zero-order valence-corrected chi connectivity index (χ0v) is 19.1. The Morgan fingerprint density at radius 3 is 2.64 bits per heavy atom. The molecule has 1 fully saturated rings. The highest BCUT2D eigenvalue weighted by atomic mass is 32.2. The molecule has 0 bridgehead atoms. The molecular weight excluding hydrogens is 462 g/mol. The number of anilines is 2. The van der Waals surface area contributed by atoms with E-state index >= 15 is 0 Å². The predicted octanol–water partition coefficient (Wildman–Crippen LogP) is 2.88. The van der Waals surface area contributed by atoms with Crippen LogP contribution in [0.2, 0.25) is 0 Å². The second kappa shape index (κ2) is 9.02. The van der Waals surface area contributed by atoms with Gasteiger partial charge in [0.25, 0.3) is 10.0 Å². The van der Waals surface area contributed by atoms with Crippen LogP contribution in [0.25, 0.3) is 20.9 Å². The molecule has 1 aliphatic rings. The van der Waals surface area contributed by atoms with Crippen LogP contribution in [0, 0.1) is 0 Å². The summed E-state index contributed by atoms with van der Waals surface area (Å²) in [7, 11) is -3.77. The van der Waals surface area contributed by atoms with Crippen molar-refractivity contribution in [3.63, 3.8) is 0 Å². The van der Waals surface area contributed by atoms with Gasteiger partial charge < -0.3 is 14.7 Å². The number of aliphatic hydroxyl groups is 1. The molecule has 0 unspecified atom stereocenters. The highest BCUT2D eigenvalue weighted by Gasteiger charge is 2.19. The van der Waals surface area contributed by atoms with E-state index < -0.39 is 10.0 Å². The second-order valence-electron chi connectivity index (χ2n) is 7.46. The van der Waals surface area contributed by atoms with Crippen LogP contribution in [0.3, 0.4) is 0 Å². The van der Waals surface area contributed by atoms with Crippen LogP contribution in [-0.2, 0) is 21.4 Å². The van der Waals surface area contributed by atoms with Crippen LogP contribution in [0.1, 0.15) is 5.56 Å². The molecule has 1 saturated heterocycles. The number of aromatic nitrogens is 3. The number of morpholine rings is 1. The number of hydrogen-bond donors (Lipinski definition) is 2. The van der Waals surface area contributed by atoms with Crippen LogP contribution >= 0.6 is 11.3 Å². The van der Waals surface area contributed by atoms with Gasteiger partial charge in [-0.1, -0.05) is 23.5 Å². The molecule has 170 valence electrons. The minimum Gasteiger partial charge on any atom is -0.392 e. The average Bonchev–Trinajstić information content (AvgIpc) is 3.29. The zero-order valence-electron chi connectivity index (χ0n) is 17.5. The van der Waals surface area contributed by atoms with Gasteiger partial charge in [0.15, 0.2) is 5.82 Å². The third kappa shape index (κ3) is 4.53. The SMILES string of the molecule is O=S(=O)(Nc1ccc(-c2nc3c(N4CCOCC4)ncnc3s2)cc1)c1cccc(CO)c1. The van der Waals surface area contributed by atoms with Crippen LogP contribution in [-0.4, -0.2) is 54.8 Å². The standard InChI is InChI=1S/C22H21N5O4S2/c28-13-15-2-1-3-18(12-15)33(29,30)26-17-6-4-16(5-7-17)21-25-19-20(23-14-24-22(19)32-21)27-8-10-31-11-9-27/h1-7,12,14,26,28H,8-11,13H2. The smallest absolute Gasteiger partial charge is 0.261 e. The van der Waals surface area contributed by atoms with Crippen molar-refractivity contribution in [3.05, 3.63) is 60.4 Å². The number of ether oxygens (including phenoxy) is 1. The van der Waals surface area contributed by atoms with Gasteiger partial charge >= 0.3 is 0 Å². The number of nitrogens with one attached hydrogen (secondary N) is 1. The summed E-state index contributed by atoms with van der Waals surface area (Å²) in [6, 6.07) is 13.2. The Kier molecular flexibility index (Phi) is 5.94. The van der Waals surface area contributed by atoms with Gasteiger partial charge in [-0.3, -0.25) is 4.72 Å².